The monoisotopic (exact) mass is 555 g/mol. The van der Waals surface area contributed by atoms with E-state index in [1.54, 1.807) is 18.9 Å². The Balaban J connectivity index is 1.42. The maximum atomic E-state index is 10.9. The molecule has 0 spiro atoms. The lowest BCUT2D eigenvalue weighted by Crippen LogP contribution is -2.18. The van der Waals surface area contributed by atoms with Crippen LogP contribution in [0.15, 0.2) is 82.3 Å². The number of aliphatic carboxylic acids is 1. The molecule has 0 saturated carbocycles. The fourth-order valence-corrected chi connectivity index (χ4v) is 5.87. The van der Waals surface area contributed by atoms with Crippen LogP contribution in [0.5, 0.6) is 0 Å². The summed E-state index contributed by atoms with van der Waals surface area (Å²) >= 11 is 1.61. The van der Waals surface area contributed by atoms with Crippen molar-refractivity contribution in [2.45, 2.75) is 51.7 Å². The van der Waals surface area contributed by atoms with Gasteiger partial charge in [-0.2, -0.15) is 4.98 Å². The number of carboxylic acid groups (broad SMARTS) is 1. The van der Waals surface area contributed by atoms with Crippen LogP contribution in [-0.2, 0) is 22.4 Å². The van der Waals surface area contributed by atoms with E-state index in [9.17, 15) is 4.79 Å². The lowest BCUT2D eigenvalue weighted by molar-refractivity contribution is -0.136. The van der Waals surface area contributed by atoms with Gasteiger partial charge in [0.15, 0.2) is 12.0 Å². The molecule has 1 saturated heterocycles. The number of thioether (sulfide) groups is 1. The summed E-state index contributed by atoms with van der Waals surface area (Å²) in [6, 6.07) is 19.8. The summed E-state index contributed by atoms with van der Waals surface area (Å²) in [6.07, 6.45) is 6.00. The predicted molar refractivity (Wildman–Crippen MR) is 161 cm³/mol. The average molecular weight is 556 g/mol. The van der Waals surface area contributed by atoms with E-state index in [-0.39, 0.29) is 12.6 Å². The zero-order chi connectivity index (χ0) is 27.9. The molecule has 0 radical (unpaired) electrons. The van der Waals surface area contributed by atoms with Gasteiger partial charge in [0.25, 0.3) is 0 Å². The van der Waals surface area contributed by atoms with Gasteiger partial charge in [-0.15, -0.1) is 0 Å². The van der Waals surface area contributed by atoms with Crippen molar-refractivity contribution in [3.8, 4) is 0 Å². The van der Waals surface area contributed by atoms with Gasteiger partial charge in [0, 0.05) is 38.1 Å². The van der Waals surface area contributed by atoms with Gasteiger partial charge in [-0.05, 0) is 54.0 Å². The maximum Gasteiger partial charge on any atom is 0.303 e. The minimum Gasteiger partial charge on any atom is -0.481 e. The lowest BCUT2D eigenvalue weighted by Gasteiger charge is -2.21. The first-order chi connectivity index (χ1) is 19.4. The number of aliphatic imine (C=N–C) groups is 2. The van der Waals surface area contributed by atoms with Crippen LogP contribution in [0, 0.1) is 5.92 Å². The standard InChI is InChI=1S/C31H33N5O3S/c1-20-8-16-28(40-30-25(20)14-15-27(36-30)39-2)34-26-19-24(18-22-6-4-3-5-7-22)33-31(35-26)32-23-12-9-21(10-13-23)11-17-29(37)38/h3-7,9-10,12-14,19-20,27H,8,11,15-18H2,1-2H3,(H,37,38)(H,32,33,35). The molecular formula is C31H33N5O3S. The number of ether oxygens (including phenoxy) is 1. The molecule has 0 amide bonds. The molecule has 2 aromatic carbocycles. The predicted octanol–water partition coefficient (Wildman–Crippen LogP) is 6.72. The van der Waals surface area contributed by atoms with Gasteiger partial charge >= 0.3 is 5.97 Å². The SMILES string of the molecule is COC1CC=C2C(=N1)SC(=Nc1cc(Cc3ccccc3)nc(Nc3ccc(CCC(=O)O)cc3)n1)CCC2C. The molecule has 3 heterocycles. The smallest absolute Gasteiger partial charge is 0.303 e. The Kier molecular flexibility index (Phi) is 9.03. The molecule has 2 aliphatic rings. The number of carboxylic acids is 1. The number of fused-ring (bicyclic) bond motifs is 1. The highest BCUT2D eigenvalue weighted by Crippen LogP contribution is 2.35. The molecule has 1 fully saturated rings. The van der Waals surface area contributed by atoms with E-state index >= 15 is 0 Å². The third-order valence-corrected chi connectivity index (χ3v) is 7.99. The summed E-state index contributed by atoms with van der Waals surface area (Å²) in [5.41, 5.74) is 5.09. The van der Waals surface area contributed by atoms with Crippen molar-refractivity contribution in [1.82, 2.24) is 9.97 Å². The van der Waals surface area contributed by atoms with Crippen molar-refractivity contribution in [3.05, 3.63) is 89.1 Å². The van der Waals surface area contributed by atoms with Crippen LogP contribution in [0.1, 0.15) is 49.4 Å². The Labute approximate surface area is 238 Å². The van der Waals surface area contributed by atoms with Gasteiger partial charge in [0.1, 0.15) is 5.04 Å². The van der Waals surface area contributed by atoms with E-state index in [0.29, 0.717) is 30.5 Å². The summed E-state index contributed by atoms with van der Waals surface area (Å²) in [4.78, 5) is 30.3. The number of dihydropyridines is 1. The topological polar surface area (TPSA) is 109 Å². The average Bonchev–Trinajstić information content (AvgIpc) is 3.10. The van der Waals surface area contributed by atoms with Crippen LogP contribution in [0.3, 0.4) is 0 Å². The molecule has 2 atom stereocenters. The van der Waals surface area contributed by atoms with Gasteiger partial charge in [0.05, 0.1) is 10.7 Å². The van der Waals surface area contributed by atoms with Crippen LogP contribution < -0.4 is 5.32 Å². The quantitative estimate of drug-likeness (QED) is 0.302. The van der Waals surface area contributed by atoms with Gasteiger partial charge < -0.3 is 15.2 Å². The van der Waals surface area contributed by atoms with E-state index in [0.717, 1.165) is 51.9 Å². The van der Waals surface area contributed by atoms with E-state index in [2.05, 4.69) is 30.4 Å². The number of rotatable bonds is 9. The van der Waals surface area contributed by atoms with Crippen LogP contribution in [0.2, 0.25) is 0 Å². The Bertz CT molecular complexity index is 1440. The minimum atomic E-state index is -0.803. The second kappa shape index (κ2) is 13.0. The normalized spacial score (nSPS) is 19.8. The van der Waals surface area contributed by atoms with Crippen LogP contribution in [-0.4, -0.2) is 44.5 Å². The van der Waals surface area contributed by atoms with Crippen LogP contribution in [0.4, 0.5) is 17.5 Å². The Morgan fingerprint density at radius 2 is 1.93 bits per heavy atom. The number of anilines is 2. The molecule has 5 rings (SSSR count). The highest BCUT2D eigenvalue weighted by Gasteiger charge is 2.27. The number of hydrogen-bond acceptors (Lipinski definition) is 8. The zero-order valence-corrected chi connectivity index (χ0v) is 23.5. The van der Waals surface area contributed by atoms with Crippen LogP contribution >= 0.6 is 11.8 Å². The number of carbonyl (C=O) groups is 1. The lowest BCUT2D eigenvalue weighted by atomic mass is 9.95. The van der Waals surface area contributed by atoms with Gasteiger partial charge in [-0.3, -0.25) is 4.79 Å². The van der Waals surface area contributed by atoms with Gasteiger partial charge in [-0.25, -0.2) is 15.0 Å². The second-order valence-corrected chi connectivity index (χ2v) is 11.0. The number of nitrogens with zero attached hydrogens (tertiary/aromatic N) is 4. The zero-order valence-electron chi connectivity index (χ0n) is 22.7. The highest BCUT2D eigenvalue weighted by molar-refractivity contribution is 8.27. The largest absolute Gasteiger partial charge is 0.481 e. The second-order valence-electron chi connectivity index (χ2n) is 9.99. The van der Waals surface area contributed by atoms with E-state index in [4.69, 9.17) is 29.8 Å². The molecule has 206 valence electrons. The van der Waals surface area contributed by atoms with E-state index in [1.807, 2.05) is 48.5 Å². The molecule has 2 aliphatic heterocycles. The molecule has 0 bridgehead atoms. The van der Waals surface area contributed by atoms with Crippen molar-refractivity contribution in [2.24, 2.45) is 15.9 Å². The number of aryl methyl sites for hydroxylation is 1. The molecule has 0 aliphatic carbocycles. The van der Waals surface area contributed by atoms with E-state index in [1.165, 1.54) is 5.57 Å². The molecule has 2 N–H and O–H groups in total. The van der Waals surface area contributed by atoms with Crippen molar-refractivity contribution in [1.29, 1.82) is 0 Å². The Morgan fingerprint density at radius 3 is 2.67 bits per heavy atom. The first-order valence-corrected chi connectivity index (χ1v) is 14.3. The Morgan fingerprint density at radius 1 is 1.12 bits per heavy atom. The third kappa shape index (κ3) is 7.43. The molecule has 2 unspecified atom stereocenters. The summed E-state index contributed by atoms with van der Waals surface area (Å²) in [6.45, 7) is 2.25. The third-order valence-electron chi connectivity index (χ3n) is 6.93. The molecule has 9 heteroatoms. The van der Waals surface area contributed by atoms with Gasteiger partial charge in [0.2, 0.25) is 5.95 Å². The summed E-state index contributed by atoms with van der Waals surface area (Å²) in [5, 5.41) is 14.2. The van der Waals surface area contributed by atoms with Crippen molar-refractivity contribution in [2.75, 3.05) is 12.4 Å². The molecule has 3 aromatic rings. The number of aromatic nitrogens is 2. The van der Waals surface area contributed by atoms with Gasteiger partial charge in [-0.1, -0.05) is 67.2 Å². The molecule has 1 aromatic heterocycles. The first-order valence-electron chi connectivity index (χ1n) is 13.5. The van der Waals surface area contributed by atoms with Crippen molar-refractivity contribution < 1.29 is 14.6 Å². The first kappa shape index (κ1) is 27.7. The number of nitrogens with one attached hydrogen (secondary N) is 1. The molecule has 8 nitrogen and oxygen atoms in total. The fraction of sp³-hybridized carbons (Fsp3) is 0.323. The van der Waals surface area contributed by atoms with E-state index < -0.39 is 5.97 Å². The summed E-state index contributed by atoms with van der Waals surface area (Å²) in [5.74, 6) is 0.672. The minimum absolute atomic E-state index is 0.105. The summed E-state index contributed by atoms with van der Waals surface area (Å²) < 4.78 is 5.51. The molecule has 40 heavy (non-hydrogen) atoms. The van der Waals surface area contributed by atoms with Crippen molar-refractivity contribution >= 4 is 45.3 Å². The molecular weight excluding hydrogens is 522 g/mol. The Hall–Kier alpha value is -3.82. The number of benzene rings is 2. The van der Waals surface area contributed by atoms with Crippen LogP contribution in [0.25, 0.3) is 0 Å². The number of hydrogen-bond donors (Lipinski definition) is 2. The highest BCUT2D eigenvalue weighted by atomic mass is 32.2. The summed E-state index contributed by atoms with van der Waals surface area (Å²) in [7, 11) is 1.70. The van der Waals surface area contributed by atoms with Crippen molar-refractivity contribution in [3.63, 3.8) is 0 Å². The fourth-order valence-electron chi connectivity index (χ4n) is 4.71. The number of methoxy groups -OCH3 is 1. The maximum absolute atomic E-state index is 10.9.